The summed E-state index contributed by atoms with van der Waals surface area (Å²) in [6.07, 6.45) is 3.62. The maximum absolute atomic E-state index is 12.4. The molecule has 1 atom stereocenters. The Morgan fingerprint density at radius 1 is 1.43 bits per heavy atom. The summed E-state index contributed by atoms with van der Waals surface area (Å²) in [4.78, 5) is 24.3. The molecule has 0 aliphatic carbocycles. The van der Waals surface area contributed by atoms with E-state index in [1.54, 1.807) is 15.6 Å². The number of aromatic nitrogens is 4. The molecule has 7 nitrogen and oxygen atoms in total. The number of amides is 1. The number of carbonyl (C=O) groups excluding carboxylic acids is 1. The lowest BCUT2D eigenvalue weighted by Crippen LogP contribution is -2.17. The Morgan fingerprint density at radius 2 is 2.19 bits per heavy atom. The van der Waals surface area contributed by atoms with Gasteiger partial charge in [-0.25, -0.2) is 0 Å². The summed E-state index contributed by atoms with van der Waals surface area (Å²) in [7, 11) is 1.83. The monoisotopic (exact) mass is 307 g/mol. The van der Waals surface area contributed by atoms with E-state index in [2.05, 4.69) is 15.5 Å². The highest BCUT2D eigenvalue weighted by molar-refractivity contribution is 8.00. The molecule has 8 heteroatoms. The number of carbonyl (C=O) groups is 1. The minimum absolute atomic E-state index is 0.0550. The average Bonchev–Trinajstić information content (AvgIpc) is 2.91. The van der Waals surface area contributed by atoms with Crippen molar-refractivity contribution in [3.05, 3.63) is 33.9 Å². The number of rotatable bonds is 2. The van der Waals surface area contributed by atoms with E-state index in [0.29, 0.717) is 17.1 Å². The van der Waals surface area contributed by atoms with Crippen molar-refractivity contribution in [2.24, 2.45) is 7.05 Å². The summed E-state index contributed by atoms with van der Waals surface area (Å²) < 4.78 is 3.41. The van der Waals surface area contributed by atoms with Crippen molar-refractivity contribution in [2.45, 2.75) is 25.1 Å². The molecule has 3 rings (SSSR count). The van der Waals surface area contributed by atoms with Crippen LogP contribution in [0, 0.1) is 0 Å². The molecule has 0 spiro atoms. The van der Waals surface area contributed by atoms with Gasteiger partial charge in [0.05, 0.1) is 22.8 Å². The van der Waals surface area contributed by atoms with Gasteiger partial charge in [-0.05, 0) is 13.8 Å². The molecule has 1 aliphatic rings. The highest BCUT2D eigenvalue weighted by Crippen LogP contribution is 2.39. The summed E-state index contributed by atoms with van der Waals surface area (Å²) in [6, 6.07) is 0.0550. The van der Waals surface area contributed by atoms with Crippen LogP contribution < -0.4 is 10.9 Å². The zero-order valence-corrected chi connectivity index (χ0v) is 12.9. The van der Waals surface area contributed by atoms with Gasteiger partial charge in [-0.1, -0.05) is 0 Å². The van der Waals surface area contributed by atoms with Gasteiger partial charge in [0.2, 0.25) is 5.91 Å². The standard InChI is InChI=1S/C13H17N5O2S/c1-7(2)18-12-10(13(20)16-18)11(21-6-9(19)15-12)8-4-14-17(3)5-8/h4-5,7,11H,6H2,1-3H3,(H,15,19)(H,16,20)/t11-/m0/s1. The van der Waals surface area contributed by atoms with Gasteiger partial charge in [0.15, 0.2) is 0 Å². The molecule has 0 bridgehead atoms. The number of hydrogen-bond acceptors (Lipinski definition) is 4. The quantitative estimate of drug-likeness (QED) is 0.875. The summed E-state index contributed by atoms with van der Waals surface area (Å²) in [6.45, 7) is 3.92. The fraction of sp³-hybridized carbons (Fsp3) is 0.462. The van der Waals surface area contributed by atoms with E-state index in [4.69, 9.17) is 0 Å². The minimum atomic E-state index is -0.198. The number of fused-ring (bicyclic) bond motifs is 1. The van der Waals surface area contributed by atoms with E-state index in [1.807, 2.05) is 27.1 Å². The van der Waals surface area contributed by atoms with Crippen LogP contribution in [0.5, 0.6) is 0 Å². The number of nitrogens with zero attached hydrogens (tertiary/aromatic N) is 3. The molecule has 2 aromatic heterocycles. The van der Waals surface area contributed by atoms with Crippen LogP contribution in [0.2, 0.25) is 0 Å². The molecule has 0 aromatic carbocycles. The minimum Gasteiger partial charge on any atom is -0.310 e. The topological polar surface area (TPSA) is 84.7 Å². The van der Waals surface area contributed by atoms with Crippen molar-refractivity contribution in [1.29, 1.82) is 0 Å². The second-order valence-corrected chi connectivity index (χ2v) is 6.45. The van der Waals surface area contributed by atoms with Gasteiger partial charge in [-0.15, -0.1) is 11.8 Å². The lowest BCUT2D eigenvalue weighted by atomic mass is 10.1. The van der Waals surface area contributed by atoms with Crippen LogP contribution in [-0.2, 0) is 11.8 Å². The predicted octanol–water partition coefficient (Wildman–Crippen LogP) is 1.27. The summed E-state index contributed by atoms with van der Waals surface area (Å²) in [5.41, 5.74) is 1.35. The third-order valence-corrected chi connectivity index (χ3v) is 4.68. The molecule has 1 amide bonds. The number of nitrogens with one attached hydrogen (secondary N) is 2. The van der Waals surface area contributed by atoms with Crippen LogP contribution in [0.15, 0.2) is 17.2 Å². The summed E-state index contributed by atoms with van der Waals surface area (Å²) in [5.74, 6) is 0.783. The Labute approximate surface area is 125 Å². The molecule has 0 fully saturated rings. The molecule has 21 heavy (non-hydrogen) atoms. The molecule has 0 saturated heterocycles. The van der Waals surface area contributed by atoms with Gasteiger partial charge in [-0.3, -0.25) is 24.1 Å². The highest BCUT2D eigenvalue weighted by atomic mass is 32.2. The number of aromatic amines is 1. The molecule has 3 heterocycles. The van der Waals surface area contributed by atoms with Gasteiger partial charge in [0.25, 0.3) is 5.56 Å². The Bertz CT molecular complexity index is 742. The van der Waals surface area contributed by atoms with E-state index in [-0.39, 0.29) is 22.8 Å². The first-order valence-electron chi connectivity index (χ1n) is 6.71. The summed E-state index contributed by atoms with van der Waals surface area (Å²) >= 11 is 1.44. The molecule has 2 N–H and O–H groups in total. The van der Waals surface area contributed by atoms with Crippen molar-refractivity contribution >= 4 is 23.5 Å². The maximum atomic E-state index is 12.4. The van der Waals surface area contributed by atoms with Crippen molar-refractivity contribution in [3.8, 4) is 0 Å². The SMILES string of the molecule is CC(C)n1[nH]c(=O)c2c1NC(=O)CS[C@H]2c1cnn(C)c1. The Kier molecular flexibility index (Phi) is 3.40. The molecule has 0 radical (unpaired) electrons. The number of aryl methyl sites for hydroxylation is 1. The number of H-pyrrole nitrogens is 1. The van der Waals surface area contributed by atoms with Crippen molar-refractivity contribution in [2.75, 3.05) is 11.1 Å². The smallest absolute Gasteiger partial charge is 0.270 e. The molecule has 0 unspecified atom stereocenters. The first kappa shape index (κ1) is 14.0. The van der Waals surface area contributed by atoms with Gasteiger partial charge in [0, 0.05) is 24.8 Å². The molecule has 2 aromatic rings. The van der Waals surface area contributed by atoms with Crippen LogP contribution in [0.4, 0.5) is 5.82 Å². The maximum Gasteiger partial charge on any atom is 0.270 e. The molecule has 112 valence electrons. The number of thioether (sulfide) groups is 1. The first-order chi connectivity index (χ1) is 9.97. The predicted molar refractivity (Wildman–Crippen MR) is 81.6 cm³/mol. The fourth-order valence-corrected chi connectivity index (χ4v) is 3.56. The largest absolute Gasteiger partial charge is 0.310 e. The van der Waals surface area contributed by atoms with Crippen LogP contribution >= 0.6 is 11.8 Å². The van der Waals surface area contributed by atoms with Gasteiger partial charge >= 0.3 is 0 Å². The molecular formula is C13H17N5O2S. The third-order valence-electron chi connectivity index (χ3n) is 3.41. The van der Waals surface area contributed by atoms with Gasteiger partial charge in [-0.2, -0.15) is 5.10 Å². The zero-order valence-electron chi connectivity index (χ0n) is 12.1. The van der Waals surface area contributed by atoms with E-state index in [1.165, 1.54) is 11.8 Å². The van der Waals surface area contributed by atoms with Crippen molar-refractivity contribution < 1.29 is 4.79 Å². The Balaban J connectivity index is 2.18. The number of hydrogen-bond donors (Lipinski definition) is 2. The van der Waals surface area contributed by atoms with Gasteiger partial charge in [0.1, 0.15) is 5.82 Å². The van der Waals surface area contributed by atoms with Crippen LogP contribution in [-0.4, -0.2) is 31.2 Å². The molecule has 1 aliphatic heterocycles. The second-order valence-electron chi connectivity index (χ2n) is 5.35. The Hall–Kier alpha value is -1.96. The first-order valence-corrected chi connectivity index (χ1v) is 7.76. The fourth-order valence-electron chi connectivity index (χ4n) is 2.47. The van der Waals surface area contributed by atoms with Crippen LogP contribution in [0.1, 0.15) is 36.3 Å². The van der Waals surface area contributed by atoms with Crippen molar-refractivity contribution in [1.82, 2.24) is 19.6 Å². The van der Waals surface area contributed by atoms with Crippen LogP contribution in [0.25, 0.3) is 0 Å². The third kappa shape index (κ3) is 2.39. The highest BCUT2D eigenvalue weighted by Gasteiger charge is 2.31. The second kappa shape index (κ2) is 5.10. The molecular weight excluding hydrogens is 290 g/mol. The van der Waals surface area contributed by atoms with E-state index in [9.17, 15) is 9.59 Å². The van der Waals surface area contributed by atoms with Crippen LogP contribution in [0.3, 0.4) is 0 Å². The molecule has 0 saturated carbocycles. The normalized spacial score (nSPS) is 18.5. The average molecular weight is 307 g/mol. The van der Waals surface area contributed by atoms with E-state index < -0.39 is 0 Å². The van der Waals surface area contributed by atoms with E-state index in [0.717, 1.165) is 5.56 Å². The lowest BCUT2D eigenvalue weighted by molar-refractivity contribution is -0.113. The number of anilines is 1. The lowest BCUT2D eigenvalue weighted by Gasteiger charge is -2.13. The van der Waals surface area contributed by atoms with Gasteiger partial charge < -0.3 is 5.32 Å². The van der Waals surface area contributed by atoms with Crippen molar-refractivity contribution in [3.63, 3.8) is 0 Å². The summed E-state index contributed by atoms with van der Waals surface area (Å²) in [5, 5.41) is 9.63. The zero-order chi connectivity index (χ0) is 15.1. The Morgan fingerprint density at radius 3 is 2.81 bits per heavy atom. The van der Waals surface area contributed by atoms with E-state index >= 15 is 0 Å².